The minimum absolute atomic E-state index is 0.00990. The second kappa shape index (κ2) is 4.02. The van der Waals surface area contributed by atoms with Gasteiger partial charge >= 0.3 is 0 Å². The molecule has 0 radical (unpaired) electrons. The van der Waals surface area contributed by atoms with Gasteiger partial charge in [0.1, 0.15) is 0 Å². The first kappa shape index (κ1) is 12.6. The Morgan fingerprint density at radius 3 is 2.45 bits per heavy atom. The van der Waals surface area contributed by atoms with Crippen LogP contribution in [-0.2, 0) is 9.84 Å². The molecule has 0 saturated carbocycles. The van der Waals surface area contributed by atoms with Crippen molar-refractivity contribution in [2.75, 3.05) is 0 Å². The van der Waals surface area contributed by atoms with E-state index in [9.17, 15) is 13.2 Å². The number of sulfone groups is 1. The molecule has 2 aromatic carbocycles. The monoisotopic (exact) mass is 283 g/mol. The van der Waals surface area contributed by atoms with Crippen molar-refractivity contribution in [2.45, 2.75) is 16.7 Å². The van der Waals surface area contributed by atoms with Gasteiger partial charge in [-0.05, 0) is 37.3 Å². The van der Waals surface area contributed by atoms with Gasteiger partial charge in [0.15, 0.2) is 5.78 Å². The molecule has 0 aliphatic carbocycles. The fraction of sp³-hybridized carbons (Fsp3) is 0.0667. The Labute approximate surface area is 116 Å². The summed E-state index contributed by atoms with van der Waals surface area (Å²) < 4.78 is 25.1. The second-order valence-electron chi connectivity index (χ2n) is 4.65. The van der Waals surface area contributed by atoms with Crippen molar-refractivity contribution in [3.8, 4) is 6.07 Å². The van der Waals surface area contributed by atoms with Gasteiger partial charge in [-0.15, -0.1) is 0 Å². The van der Waals surface area contributed by atoms with Gasteiger partial charge in [0, 0.05) is 11.1 Å². The summed E-state index contributed by atoms with van der Waals surface area (Å²) in [5, 5.41) is 8.88. The normalized spacial score (nSPS) is 15.1. The van der Waals surface area contributed by atoms with Gasteiger partial charge < -0.3 is 0 Å². The fourth-order valence-corrected chi connectivity index (χ4v) is 3.98. The van der Waals surface area contributed by atoms with Crippen LogP contribution in [0, 0.1) is 18.3 Å². The van der Waals surface area contributed by atoms with Crippen LogP contribution in [0.1, 0.15) is 27.0 Å². The highest BCUT2D eigenvalue weighted by molar-refractivity contribution is 7.91. The van der Waals surface area contributed by atoms with Crippen LogP contribution >= 0.6 is 0 Å². The van der Waals surface area contributed by atoms with Crippen LogP contribution in [-0.4, -0.2) is 14.2 Å². The molecule has 0 atom stereocenters. The van der Waals surface area contributed by atoms with Crippen molar-refractivity contribution in [1.82, 2.24) is 0 Å². The average Bonchev–Trinajstić information content (AvgIpc) is 2.44. The molecular formula is C15H9NO3S. The lowest BCUT2D eigenvalue weighted by Gasteiger charge is -2.19. The first-order valence-electron chi connectivity index (χ1n) is 5.90. The number of rotatable bonds is 0. The van der Waals surface area contributed by atoms with Gasteiger partial charge in [-0.1, -0.05) is 11.6 Å². The summed E-state index contributed by atoms with van der Waals surface area (Å²) in [5.41, 5.74) is 1.37. The number of carbonyl (C=O) groups is 1. The molecule has 0 fully saturated rings. The van der Waals surface area contributed by atoms with Crippen LogP contribution in [0.3, 0.4) is 0 Å². The van der Waals surface area contributed by atoms with E-state index in [1.54, 1.807) is 19.1 Å². The highest BCUT2D eigenvalue weighted by atomic mass is 32.2. The van der Waals surface area contributed by atoms with Crippen molar-refractivity contribution in [1.29, 1.82) is 5.26 Å². The van der Waals surface area contributed by atoms with Crippen LogP contribution in [0.5, 0.6) is 0 Å². The molecule has 0 aromatic heterocycles. The number of benzene rings is 2. The Kier molecular flexibility index (Phi) is 2.53. The number of carbonyl (C=O) groups excluding carboxylic acids is 1. The summed E-state index contributed by atoms with van der Waals surface area (Å²) in [6.45, 7) is 1.80. The third kappa shape index (κ3) is 1.59. The Balaban J connectivity index is 2.41. The van der Waals surface area contributed by atoms with E-state index in [1.165, 1.54) is 24.3 Å². The molecule has 20 heavy (non-hydrogen) atoms. The molecule has 0 N–H and O–H groups in total. The quantitative estimate of drug-likeness (QED) is 0.634. The number of ketones is 1. The number of hydrogen-bond acceptors (Lipinski definition) is 4. The Morgan fingerprint density at radius 2 is 1.75 bits per heavy atom. The Morgan fingerprint density at radius 1 is 1.00 bits per heavy atom. The highest BCUT2D eigenvalue weighted by Gasteiger charge is 2.34. The van der Waals surface area contributed by atoms with Gasteiger partial charge in [-0.2, -0.15) is 5.26 Å². The van der Waals surface area contributed by atoms with Crippen molar-refractivity contribution in [2.24, 2.45) is 0 Å². The summed E-state index contributed by atoms with van der Waals surface area (Å²) in [7, 11) is -3.76. The molecule has 1 heterocycles. The molecule has 4 nitrogen and oxygen atoms in total. The molecule has 2 aromatic rings. The number of nitriles is 1. The highest BCUT2D eigenvalue weighted by Crippen LogP contribution is 2.35. The van der Waals surface area contributed by atoms with Crippen molar-refractivity contribution < 1.29 is 13.2 Å². The Hall–Kier alpha value is -2.45. The van der Waals surface area contributed by atoms with Gasteiger partial charge in [-0.3, -0.25) is 4.79 Å². The zero-order chi connectivity index (χ0) is 14.5. The molecule has 1 aliphatic heterocycles. The number of fused-ring (bicyclic) bond motifs is 2. The van der Waals surface area contributed by atoms with Crippen LogP contribution in [0.25, 0.3) is 0 Å². The van der Waals surface area contributed by atoms with E-state index in [0.29, 0.717) is 0 Å². The number of hydrogen-bond donors (Lipinski definition) is 0. The van der Waals surface area contributed by atoms with E-state index in [1.807, 2.05) is 6.07 Å². The molecular weight excluding hydrogens is 274 g/mol. The second-order valence-corrected chi connectivity index (χ2v) is 6.54. The van der Waals surface area contributed by atoms with E-state index in [4.69, 9.17) is 5.26 Å². The molecule has 0 unspecified atom stereocenters. The predicted octanol–water partition coefficient (Wildman–Crippen LogP) is 2.24. The average molecular weight is 283 g/mol. The van der Waals surface area contributed by atoms with Crippen molar-refractivity contribution in [3.63, 3.8) is 0 Å². The summed E-state index contributed by atoms with van der Waals surface area (Å²) >= 11 is 0. The first-order valence-corrected chi connectivity index (χ1v) is 7.38. The number of aryl methyl sites for hydroxylation is 1. The largest absolute Gasteiger partial charge is 0.289 e. The van der Waals surface area contributed by atoms with E-state index in [2.05, 4.69) is 0 Å². The van der Waals surface area contributed by atoms with Crippen LogP contribution in [0.15, 0.2) is 46.2 Å². The van der Waals surface area contributed by atoms with Crippen LogP contribution in [0.4, 0.5) is 0 Å². The zero-order valence-electron chi connectivity index (χ0n) is 10.5. The first-order chi connectivity index (χ1) is 9.45. The maximum atomic E-state index is 12.6. The SMILES string of the molecule is Cc1ccc2c(c1)C(=O)c1ccc(C#N)cc1S2(=O)=O. The Bertz CT molecular complexity index is 905. The fourth-order valence-electron chi connectivity index (χ4n) is 2.32. The third-order valence-electron chi connectivity index (χ3n) is 3.31. The lowest BCUT2D eigenvalue weighted by Crippen LogP contribution is -2.20. The smallest absolute Gasteiger partial charge is 0.208 e. The topological polar surface area (TPSA) is 75.0 Å². The molecule has 1 aliphatic rings. The van der Waals surface area contributed by atoms with Crippen molar-refractivity contribution in [3.05, 3.63) is 58.7 Å². The summed E-state index contributed by atoms with van der Waals surface area (Å²) in [6.07, 6.45) is 0. The molecule has 5 heteroatoms. The summed E-state index contributed by atoms with van der Waals surface area (Å²) in [4.78, 5) is 12.3. The summed E-state index contributed by atoms with van der Waals surface area (Å²) in [6, 6.07) is 10.7. The molecule has 0 saturated heterocycles. The molecule has 0 amide bonds. The van der Waals surface area contributed by atoms with Gasteiger partial charge in [0.05, 0.1) is 21.4 Å². The van der Waals surface area contributed by atoms with E-state index >= 15 is 0 Å². The van der Waals surface area contributed by atoms with Crippen LogP contribution in [0.2, 0.25) is 0 Å². The number of nitrogens with zero attached hydrogens (tertiary/aromatic N) is 1. The van der Waals surface area contributed by atoms with E-state index in [0.717, 1.165) is 5.56 Å². The van der Waals surface area contributed by atoms with Gasteiger partial charge in [-0.25, -0.2) is 8.42 Å². The minimum Gasteiger partial charge on any atom is -0.289 e. The predicted molar refractivity (Wildman–Crippen MR) is 71.2 cm³/mol. The molecule has 3 rings (SSSR count). The summed E-state index contributed by atoms with van der Waals surface area (Å²) in [5.74, 6) is -0.321. The van der Waals surface area contributed by atoms with E-state index < -0.39 is 9.84 Å². The molecule has 0 bridgehead atoms. The third-order valence-corrected chi connectivity index (χ3v) is 5.17. The lowest BCUT2D eigenvalue weighted by molar-refractivity contribution is 0.103. The zero-order valence-corrected chi connectivity index (χ0v) is 11.4. The molecule has 98 valence electrons. The lowest BCUT2D eigenvalue weighted by atomic mass is 10.00. The van der Waals surface area contributed by atoms with Gasteiger partial charge in [0.25, 0.3) is 0 Å². The van der Waals surface area contributed by atoms with Crippen LogP contribution < -0.4 is 0 Å². The molecule has 0 spiro atoms. The minimum atomic E-state index is -3.76. The maximum absolute atomic E-state index is 12.6. The standard InChI is InChI=1S/C15H9NO3S/c1-9-2-5-13-12(6-9)15(17)11-4-3-10(8-16)7-14(11)20(13,18)19/h2-7H,1H3. The maximum Gasteiger partial charge on any atom is 0.208 e. The van der Waals surface area contributed by atoms with E-state index in [-0.39, 0.29) is 32.3 Å². The van der Waals surface area contributed by atoms with Crippen molar-refractivity contribution >= 4 is 15.6 Å². The van der Waals surface area contributed by atoms with Gasteiger partial charge in [0.2, 0.25) is 9.84 Å².